The van der Waals surface area contributed by atoms with Crippen molar-refractivity contribution in [3.63, 3.8) is 0 Å². The van der Waals surface area contributed by atoms with Gasteiger partial charge < -0.3 is 10.1 Å². The molecule has 0 radical (unpaired) electrons. The number of amides is 1. The largest absolute Gasteiger partial charge is 0.468 e. The summed E-state index contributed by atoms with van der Waals surface area (Å²) in [4.78, 5) is 32.3. The number of carbonyl (C=O) groups is 2. The molecule has 7 heteroatoms. The van der Waals surface area contributed by atoms with Crippen LogP contribution in [0.1, 0.15) is 5.56 Å². The van der Waals surface area contributed by atoms with Crippen LogP contribution in [0.5, 0.6) is 0 Å². The van der Waals surface area contributed by atoms with Gasteiger partial charge in [-0.25, -0.2) is 0 Å². The molecule has 0 bridgehead atoms. The number of nitrogens with zero attached hydrogens (tertiary/aromatic N) is 1. The van der Waals surface area contributed by atoms with Gasteiger partial charge in [0.2, 0.25) is 5.91 Å². The van der Waals surface area contributed by atoms with E-state index in [1.165, 1.54) is 31.4 Å². The van der Waals surface area contributed by atoms with Gasteiger partial charge >= 0.3 is 5.97 Å². The fourth-order valence-electron chi connectivity index (χ4n) is 1.25. The van der Waals surface area contributed by atoms with Crippen LogP contribution in [0, 0.1) is 10.1 Å². The lowest BCUT2D eigenvalue weighted by atomic mass is 10.1. The molecule has 7 nitrogen and oxygen atoms in total. The Morgan fingerprint density at radius 3 is 2.74 bits per heavy atom. The Balaban J connectivity index is 2.69. The molecule has 0 aromatic heterocycles. The maximum absolute atomic E-state index is 11.3. The summed E-state index contributed by atoms with van der Waals surface area (Å²) in [6.45, 7) is -0.253. The van der Waals surface area contributed by atoms with Crippen molar-refractivity contribution in [3.8, 4) is 0 Å². The minimum absolute atomic E-state index is 0.0977. The monoisotopic (exact) mass is 264 g/mol. The summed E-state index contributed by atoms with van der Waals surface area (Å²) in [7, 11) is 1.21. The van der Waals surface area contributed by atoms with E-state index in [2.05, 4.69) is 10.1 Å². The molecule has 1 rings (SSSR count). The topological polar surface area (TPSA) is 98.5 Å². The van der Waals surface area contributed by atoms with Crippen LogP contribution in [0.2, 0.25) is 0 Å². The van der Waals surface area contributed by atoms with Crippen LogP contribution >= 0.6 is 0 Å². The van der Waals surface area contributed by atoms with Gasteiger partial charge in [0.15, 0.2) is 0 Å². The highest BCUT2D eigenvalue weighted by molar-refractivity contribution is 5.94. The number of para-hydroxylation sites is 1. The fraction of sp³-hybridized carbons (Fsp3) is 0.167. The Labute approximate surface area is 109 Å². The van der Waals surface area contributed by atoms with E-state index in [9.17, 15) is 19.7 Å². The highest BCUT2D eigenvalue weighted by atomic mass is 16.6. The molecule has 1 aromatic carbocycles. The molecule has 1 aromatic rings. The molecular weight excluding hydrogens is 252 g/mol. The first-order valence-corrected chi connectivity index (χ1v) is 5.30. The first-order valence-electron chi connectivity index (χ1n) is 5.30. The van der Waals surface area contributed by atoms with Gasteiger partial charge in [-0.05, 0) is 12.1 Å². The van der Waals surface area contributed by atoms with Crippen molar-refractivity contribution in [1.29, 1.82) is 0 Å². The zero-order chi connectivity index (χ0) is 14.3. The minimum Gasteiger partial charge on any atom is -0.468 e. The van der Waals surface area contributed by atoms with Crippen LogP contribution in [-0.4, -0.2) is 30.5 Å². The number of methoxy groups -OCH3 is 1. The molecular formula is C12H12N2O5. The van der Waals surface area contributed by atoms with Crippen LogP contribution in [0.3, 0.4) is 0 Å². The maximum Gasteiger partial charge on any atom is 0.325 e. The van der Waals surface area contributed by atoms with Crippen molar-refractivity contribution < 1.29 is 19.2 Å². The van der Waals surface area contributed by atoms with Crippen molar-refractivity contribution in [3.05, 3.63) is 46.0 Å². The number of benzene rings is 1. The Bertz CT molecular complexity index is 525. The third-order valence-electron chi connectivity index (χ3n) is 2.18. The van der Waals surface area contributed by atoms with E-state index < -0.39 is 16.8 Å². The van der Waals surface area contributed by atoms with E-state index in [1.807, 2.05) is 0 Å². The van der Waals surface area contributed by atoms with Crippen LogP contribution in [-0.2, 0) is 14.3 Å². The van der Waals surface area contributed by atoms with E-state index in [4.69, 9.17) is 0 Å². The summed E-state index contributed by atoms with van der Waals surface area (Å²) in [5, 5.41) is 13.0. The van der Waals surface area contributed by atoms with Gasteiger partial charge in [-0.2, -0.15) is 0 Å². The first kappa shape index (κ1) is 14.4. The number of hydrogen-bond acceptors (Lipinski definition) is 5. The summed E-state index contributed by atoms with van der Waals surface area (Å²) in [6.07, 6.45) is 2.43. The third-order valence-corrected chi connectivity index (χ3v) is 2.18. The molecule has 0 heterocycles. The number of hydrogen-bond donors (Lipinski definition) is 1. The van der Waals surface area contributed by atoms with E-state index >= 15 is 0 Å². The molecule has 0 atom stereocenters. The zero-order valence-electron chi connectivity index (χ0n) is 10.2. The molecule has 0 aliphatic carbocycles. The van der Waals surface area contributed by atoms with E-state index in [0.717, 1.165) is 6.08 Å². The van der Waals surface area contributed by atoms with Crippen molar-refractivity contribution in [1.82, 2.24) is 5.32 Å². The lowest BCUT2D eigenvalue weighted by Gasteiger charge is -2.00. The van der Waals surface area contributed by atoms with E-state index in [1.54, 1.807) is 6.07 Å². The average molecular weight is 264 g/mol. The second-order valence-corrected chi connectivity index (χ2v) is 3.44. The lowest BCUT2D eigenvalue weighted by molar-refractivity contribution is -0.385. The molecule has 0 saturated heterocycles. The number of nitrogens with one attached hydrogen (secondary N) is 1. The summed E-state index contributed by atoms with van der Waals surface area (Å²) in [5.74, 6) is -1.11. The number of nitro groups is 1. The molecule has 0 aliphatic rings. The highest BCUT2D eigenvalue weighted by Gasteiger charge is 2.09. The maximum atomic E-state index is 11.3. The van der Waals surface area contributed by atoms with Gasteiger partial charge in [-0.1, -0.05) is 12.1 Å². The second kappa shape index (κ2) is 6.90. The first-order chi connectivity index (χ1) is 9.04. The molecule has 0 spiro atoms. The number of ether oxygens (including phenoxy) is 1. The van der Waals surface area contributed by atoms with Crippen molar-refractivity contribution >= 4 is 23.6 Å². The van der Waals surface area contributed by atoms with Gasteiger partial charge in [0.1, 0.15) is 6.54 Å². The van der Waals surface area contributed by atoms with Crippen LogP contribution in [0.4, 0.5) is 5.69 Å². The fourth-order valence-corrected chi connectivity index (χ4v) is 1.25. The quantitative estimate of drug-likeness (QED) is 0.368. The Morgan fingerprint density at radius 2 is 2.11 bits per heavy atom. The third kappa shape index (κ3) is 4.58. The number of carbonyl (C=O) groups excluding carboxylic acids is 2. The Hall–Kier alpha value is -2.70. The predicted molar refractivity (Wildman–Crippen MR) is 67.2 cm³/mol. The summed E-state index contributed by atoms with van der Waals surface area (Å²) in [5.41, 5.74) is 0.209. The van der Waals surface area contributed by atoms with Gasteiger partial charge in [0.05, 0.1) is 17.6 Å². The second-order valence-electron chi connectivity index (χ2n) is 3.44. The molecule has 0 unspecified atom stereocenters. The predicted octanol–water partition coefficient (Wildman–Crippen LogP) is 0.897. The zero-order valence-corrected chi connectivity index (χ0v) is 10.2. The van der Waals surface area contributed by atoms with Gasteiger partial charge in [0, 0.05) is 12.1 Å². The van der Waals surface area contributed by atoms with Crippen LogP contribution < -0.4 is 5.32 Å². The lowest BCUT2D eigenvalue weighted by Crippen LogP contribution is -2.28. The van der Waals surface area contributed by atoms with E-state index in [-0.39, 0.29) is 12.2 Å². The molecule has 0 fully saturated rings. The van der Waals surface area contributed by atoms with Crippen molar-refractivity contribution in [2.75, 3.05) is 13.7 Å². The smallest absolute Gasteiger partial charge is 0.325 e. The van der Waals surface area contributed by atoms with Crippen LogP contribution in [0.15, 0.2) is 30.3 Å². The Morgan fingerprint density at radius 1 is 1.42 bits per heavy atom. The molecule has 19 heavy (non-hydrogen) atoms. The van der Waals surface area contributed by atoms with Gasteiger partial charge in [-0.3, -0.25) is 19.7 Å². The molecule has 0 saturated carbocycles. The Kier molecular flexibility index (Phi) is 5.21. The van der Waals surface area contributed by atoms with E-state index in [0.29, 0.717) is 5.56 Å². The molecule has 0 aliphatic heterocycles. The number of rotatable bonds is 5. The molecule has 100 valence electrons. The highest BCUT2D eigenvalue weighted by Crippen LogP contribution is 2.18. The normalized spacial score (nSPS) is 10.2. The molecule has 1 N–H and O–H groups in total. The minimum atomic E-state index is -0.576. The summed E-state index contributed by atoms with van der Waals surface area (Å²) < 4.78 is 4.35. The average Bonchev–Trinajstić information content (AvgIpc) is 2.42. The van der Waals surface area contributed by atoms with Crippen LogP contribution in [0.25, 0.3) is 6.08 Å². The standard InChI is InChI=1S/C12H12N2O5/c1-19-12(16)8-13-11(15)7-6-9-4-2-3-5-10(9)14(17)18/h2-7H,8H2,1H3,(H,13,15). The van der Waals surface area contributed by atoms with Crippen molar-refractivity contribution in [2.45, 2.75) is 0 Å². The van der Waals surface area contributed by atoms with Crippen molar-refractivity contribution in [2.24, 2.45) is 0 Å². The SMILES string of the molecule is COC(=O)CNC(=O)C=Cc1ccccc1[N+](=O)[O-]. The summed E-state index contributed by atoms with van der Waals surface area (Å²) >= 11 is 0. The van der Waals surface area contributed by atoms with Gasteiger partial charge in [-0.15, -0.1) is 0 Å². The number of esters is 1. The number of nitro benzene ring substituents is 1. The summed E-state index contributed by atoms with van der Waals surface area (Å²) in [6, 6.07) is 6.01. The molecule has 1 amide bonds. The van der Waals surface area contributed by atoms with Gasteiger partial charge in [0.25, 0.3) is 5.69 Å².